The molecule has 2 aliphatic carbocycles. The van der Waals surface area contributed by atoms with E-state index in [0.29, 0.717) is 29.3 Å². The summed E-state index contributed by atoms with van der Waals surface area (Å²) in [5.41, 5.74) is 3.16. The molecular formula is C25H23N5O3S. The molecule has 0 saturated heterocycles. The Morgan fingerprint density at radius 1 is 1.15 bits per heavy atom. The lowest BCUT2D eigenvalue weighted by Crippen LogP contribution is -2.23. The normalized spacial score (nSPS) is 15.9. The molecule has 0 spiro atoms. The van der Waals surface area contributed by atoms with Crippen LogP contribution in [0.25, 0.3) is 16.7 Å². The second-order valence-electron chi connectivity index (χ2n) is 8.37. The predicted molar refractivity (Wildman–Crippen MR) is 128 cm³/mol. The van der Waals surface area contributed by atoms with Crippen LogP contribution in [-0.2, 0) is 9.84 Å². The molecule has 0 aliphatic heterocycles. The molecule has 1 fully saturated rings. The number of nitrogens with one attached hydrogen (secondary N) is 1. The summed E-state index contributed by atoms with van der Waals surface area (Å²) in [7, 11) is -3.34. The quantitative estimate of drug-likeness (QED) is 0.585. The molecule has 0 atom stereocenters. The van der Waals surface area contributed by atoms with Gasteiger partial charge in [0, 0.05) is 29.8 Å². The highest BCUT2D eigenvalue weighted by Gasteiger charge is 2.27. The number of allylic oxidation sites excluding steroid dienone is 5. The Morgan fingerprint density at radius 3 is 2.76 bits per heavy atom. The van der Waals surface area contributed by atoms with Gasteiger partial charge in [-0.1, -0.05) is 24.3 Å². The largest absolute Gasteiger partial charge is 0.321 e. The Balaban J connectivity index is 1.39. The second kappa shape index (κ2) is 8.83. The summed E-state index contributed by atoms with van der Waals surface area (Å²) in [6, 6.07) is 10.5. The first kappa shape index (κ1) is 22.0. The molecule has 1 N–H and O–H groups in total. The summed E-state index contributed by atoms with van der Waals surface area (Å²) in [5, 5.41) is 11.3. The number of hydrogen-bond acceptors (Lipinski definition) is 6. The Morgan fingerprint density at radius 2 is 1.97 bits per heavy atom. The van der Waals surface area contributed by atoms with E-state index >= 15 is 0 Å². The molecule has 0 bridgehead atoms. The number of sulfone groups is 1. The van der Waals surface area contributed by atoms with E-state index in [1.165, 1.54) is 12.5 Å². The number of rotatable bonds is 6. The third-order valence-corrected chi connectivity index (χ3v) is 6.81. The van der Waals surface area contributed by atoms with Crippen molar-refractivity contribution in [1.82, 2.24) is 25.1 Å². The van der Waals surface area contributed by atoms with Gasteiger partial charge in [-0.05, 0) is 66.8 Å². The Bertz CT molecular complexity index is 1460. The van der Waals surface area contributed by atoms with Gasteiger partial charge < -0.3 is 9.88 Å². The summed E-state index contributed by atoms with van der Waals surface area (Å²) < 4.78 is 25.9. The molecule has 2 heterocycles. The number of hydrogen-bond donors (Lipinski definition) is 1. The molecule has 3 aromatic rings. The van der Waals surface area contributed by atoms with Gasteiger partial charge in [0.15, 0.2) is 15.7 Å². The van der Waals surface area contributed by atoms with E-state index in [4.69, 9.17) is 0 Å². The summed E-state index contributed by atoms with van der Waals surface area (Å²) >= 11 is 0. The van der Waals surface area contributed by atoms with E-state index in [1.54, 1.807) is 42.7 Å². The number of carbonyl (C=O) groups excluding carboxylic acids is 1. The van der Waals surface area contributed by atoms with Gasteiger partial charge in [0.2, 0.25) is 0 Å². The van der Waals surface area contributed by atoms with Gasteiger partial charge in [0.1, 0.15) is 12.0 Å². The molecule has 8 nitrogen and oxygen atoms in total. The average molecular weight is 474 g/mol. The number of aromatic nitrogens is 4. The predicted octanol–water partition coefficient (Wildman–Crippen LogP) is 3.74. The van der Waals surface area contributed by atoms with E-state index in [0.717, 1.165) is 24.2 Å². The van der Waals surface area contributed by atoms with Crippen LogP contribution >= 0.6 is 0 Å². The fraction of sp³-hybridized carbons (Fsp3) is 0.200. The Kier molecular flexibility index (Phi) is 5.70. The zero-order valence-electron chi connectivity index (χ0n) is 18.5. The van der Waals surface area contributed by atoms with Crippen molar-refractivity contribution in [3.8, 4) is 11.1 Å². The molecule has 1 saturated carbocycles. The maximum absolute atomic E-state index is 13.0. The van der Waals surface area contributed by atoms with Crippen molar-refractivity contribution in [2.75, 3.05) is 6.26 Å². The number of carbonyl (C=O) groups is 1. The van der Waals surface area contributed by atoms with Gasteiger partial charge in [-0.25, -0.2) is 8.42 Å². The van der Waals surface area contributed by atoms with Crippen LogP contribution in [-0.4, -0.2) is 40.3 Å². The molecule has 0 radical (unpaired) electrons. The molecule has 1 aromatic carbocycles. The van der Waals surface area contributed by atoms with Crippen molar-refractivity contribution in [3.63, 3.8) is 0 Å². The first-order chi connectivity index (χ1) is 16.4. The standard InChI is InChI=1S/C25H23N5O3S/c1-34(32,33)22-8-4-6-17(14-22)18-11-12-26-23(15-18)25(31)28-20-7-3-2-5-19(13-20)24-29-27-16-30(24)21-9-10-21/h3-8,11-16,21H,2,9-10H2,1H3,(H,28,31). The van der Waals surface area contributed by atoms with Gasteiger partial charge in [-0.2, -0.15) is 0 Å². The van der Waals surface area contributed by atoms with Crippen molar-refractivity contribution < 1.29 is 13.2 Å². The Hall–Kier alpha value is -3.85. The summed E-state index contributed by atoms with van der Waals surface area (Å²) in [5.74, 6) is 0.436. The molecule has 34 heavy (non-hydrogen) atoms. The highest BCUT2D eigenvalue weighted by atomic mass is 32.2. The van der Waals surface area contributed by atoms with Crippen molar-refractivity contribution in [2.24, 2.45) is 0 Å². The highest BCUT2D eigenvalue weighted by molar-refractivity contribution is 7.90. The zero-order chi connectivity index (χ0) is 23.7. The third-order valence-electron chi connectivity index (χ3n) is 5.70. The lowest BCUT2D eigenvalue weighted by Gasteiger charge is -2.09. The van der Waals surface area contributed by atoms with Gasteiger partial charge in [-0.15, -0.1) is 10.2 Å². The van der Waals surface area contributed by atoms with E-state index in [2.05, 4.69) is 31.1 Å². The maximum atomic E-state index is 13.0. The van der Waals surface area contributed by atoms with Crippen LogP contribution in [0.3, 0.4) is 0 Å². The fourth-order valence-electron chi connectivity index (χ4n) is 3.80. The number of pyridine rings is 1. The Labute approximate surface area is 197 Å². The lowest BCUT2D eigenvalue weighted by atomic mass is 10.1. The number of amides is 1. The topological polar surface area (TPSA) is 107 Å². The second-order valence-corrected chi connectivity index (χ2v) is 10.4. The van der Waals surface area contributed by atoms with Crippen molar-refractivity contribution in [3.05, 3.63) is 90.4 Å². The van der Waals surface area contributed by atoms with E-state index in [1.807, 2.05) is 18.2 Å². The summed E-state index contributed by atoms with van der Waals surface area (Å²) in [4.78, 5) is 17.5. The van der Waals surface area contributed by atoms with Gasteiger partial charge in [0.25, 0.3) is 5.91 Å². The van der Waals surface area contributed by atoms with E-state index < -0.39 is 9.84 Å². The van der Waals surface area contributed by atoms with Crippen molar-refractivity contribution >= 4 is 21.3 Å². The molecule has 5 rings (SSSR count). The van der Waals surface area contributed by atoms with Crippen LogP contribution < -0.4 is 5.32 Å². The monoisotopic (exact) mass is 473 g/mol. The summed E-state index contributed by atoms with van der Waals surface area (Å²) in [6.45, 7) is 0. The zero-order valence-corrected chi connectivity index (χ0v) is 19.4. The highest BCUT2D eigenvalue weighted by Crippen LogP contribution is 2.37. The minimum absolute atomic E-state index is 0.222. The maximum Gasteiger partial charge on any atom is 0.274 e. The molecule has 0 unspecified atom stereocenters. The number of nitrogens with zero attached hydrogens (tertiary/aromatic N) is 4. The van der Waals surface area contributed by atoms with E-state index in [-0.39, 0.29) is 16.5 Å². The first-order valence-corrected chi connectivity index (χ1v) is 12.8. The smallest absolute Gasteiger partial charge is 0.274 e. The van der Waals surface area contributed by atoms with Crippen LogP contribution in [0.2, 0.25) is 0 Å². The molecule has 172 valence electrons. The third kappa shape index (κ3) is 4.74. The van der Waals surface area contributed by atoms with Crippen molar-refractivity contribution in [1.29, 1.82) is 0 Å². The SMILES string of the molecule is CS(=O)(=O)c1cccc(-c2ccnc(C(=O)NC3=CC(c4nncn4C4CC4)=CCC=C3)c2)c1. The molecule has 2 aromatic heterocycles. The van der Waals surface area contributed by atoms with Crippen LogP contribution in [0.5, 0.6) is 0 Å². The van der Waals surface area contributed by atoms with Crippen LogP contribution in [0.1, 0.15) is 41.6 Å². The first-order valence-electron chi connectivity index (χ1n) is 10.9. The average Bonchev–Trinajstić information content (AvgIpc) is 3.61. The summed E-state index contributed by atoms with van der Waals surface area (Å²) in [6.07, 6.45) is 15.2. The molecule has 9 heteroatoms. The van der Waals surface area contributed by atoms with Gasteiger partial charge in [-0.3, -0.25) is 9.78 Å². The van der Waals surface area contributed by atoms with Gasteiger partial charge in [0.05, 0.1) is 4.90 Å². The minimum Gasteiger partial charge on any atom is -0.321 e. The number of benzene rings is 1. The van der Waals surface area contributed by atoms with Crippen LogP contribution in [0.4, 0.5) is 0 Å². The van der Waals surface area contributed by atoms with Crippen molar-refractivity contribution in [2.45, 2.75) is 30.2 Å². The molecule has 2 aliphatic rings. The minimum atomic E-state index is -3.34. The van der Waals surface area contributed by atoms with Gasteiger partial charge >= 0.3 is 0 Å². The fourth-order valence-corrected chi connectivity index (χ4v) is 4.47. The van der Waals surface area contributed by atoms with Crippen LogP contribution in [0.15, 0.2) is 83.8 Å². The molecular weight excluding hydrogens is 450 g/mol. The van der Waals surface area contributed by atoms with Crippen LogP contribution in [0, 0.1) is 0 Å². The molecule has 1 amide bonds. The van der Waals surface area contributed by atoms with E-state index in [9.17, 15) is 13.2 Å². The lowest BCUT2D eigenvalue weighted by molar-refractivity contribution is 0.0962.